The van der Waals surface area contributed by atoms with E-state index in [0.717, 1.165) is 27.9 Å². The average Bonchev–Trinajstić information content (AvgIpc) is 3.45. The van der Waals surface area contributed by atoms with Gasteiger partial charge in [0.05, 0.1) is 10.6 Å². The summed E-state index contributed by atoms with van der Waals surface area (Å²) in [5.74, 6) is -1.43. The van der Waals surface area contributed by atoms with E-state index in [1.54, 1.807) is 47.3 Å². The first-order chi connectivity index (χ1) is 18.4. The van der Waals surface area contributed by atoms with E-state index in [1.165, 1.54) is 6.07 Å². The van der Waals surface area contributed by atoms with Gasteiger partial charge in [-0.15, -0.1) is 0 Å². The number of rotatable bonds is 8. The van der Waals surface area contributed by atoms with Crippen LogP contribution < -0.4 is 4.74 Å². The highest BCUT2D eigenvalue weighted by atomic mass is 32.2. The number of carbonyl (C=O) groups is 2. The predicted molar refractivity (Wildman–Crippen MR) is 147 cm³/mol. The number of carboxylic acid groups (broad SMARTS) is 1. The molecule has 5 rings (SSSR count). The Hall–Kier alpha value is -4.28. The van der Waals surface area contributed by atoms with E-state index < -0.39 is 18.4 Å². The first kappa shape index (κ1) is 25.4. The van der Waals surface area contributed by atoms with Crippen molar-refractivity contribution in [2.75, 3.05) is 6.54 Å². The van der Waals surface area contributed by atoms with Gasteiger partial charge < -0.3 is 9.84 Å². The van der Waals surface area contributed by atoms with Gasteiger partial charge in [-0.2, -0.15) is 5.10 Å². The molecule has 1 fully saturated rings. The third-order valence-corrected chi connectivity index (χ3v) is 7.05. The fourth-order valence-corrected chi connectivity index (χ4v) is 5.10. The highest BCUT2D eigenvalue weighted by Gasteiger charge is 2.33. The molecule has 7 nitrogen and oxygen atoms in total. The van der Waals surface area contributed by atoms with Gasteiger partial charge in [-0.3, -0.25) is 14.5 Å². The number of para-hydroxylation sites is 1. The molecule has 1 N–H and O–H groups in total. The lowest BCUT2D eigenvalue weighted by molar-refractivity contribution is -0.140. The number of carbonyl (C=O) groups excluding carboxylic acids is 1. The minimum absolute atomic E-state index is 0.0630. The molecule has 4 aromatic rings. The lowest BCUT2D eigenvalue weighted by Crippen LogP contribution is -2.33. The zero-order chi connectivity index (χ0) is 26.6. The van der Waals surface area contributed by atoms with Gasteiger partial charge in [-0.05, 0) is 36.4 Å². The first-order valence-corrected chi connectivity index (χ1v) is 12.7. The molecule has 0 spiro atoms. The monoisotopic (exact) mass is 545 g/mol. The predicted octanol–water partition coefficient (Wildman–Crippen LogP) is 5.54. The van der Waals surface area contributed by atoms with E-state index in [9.17, 15) is 14.0 Å². The molecule has 1 amide bonds. The smallest absolute Gasteiger partial charge is 0.323 e. The molecule has 1 aliphatic rings. The Balaban J connectivity index is 1.50. The van der Waals surface area contributed by atoms with Crippen molar-refractivity contribution < 1.29 is 23.8 Å². The molecule has 0 saturated carbocycles. The molecule has 1 saturated heterocycles. The topological polar surface area (TPSA) is 84.7 Å². The van der Waals surface area contributed by atoms with Gasteiger partial charge in [0.15, 0.2) is 0 Å². The third kappa shape index (κ3) is 5.51. The zero-order valence-electron chi connectivity index (χ0n) is 19.8. The van der Waals surface area contributed by atoms with Crippen molar-refractivity contribution in [3.05, 3.63) is 107 Å². The molecule has 10 heteroatoms. The van der Waals surface area contributed by atoms with Crippen LogP contribution in [0.3, 0.4) is 0 Å². The average molecular weight is 546 g/mol. The first-order valence-electron chi connectivity index (χ1n) is 11.5. The van der Waals surface area contributed by atoms with E-state index in [0.29, 0.717) is 27.5 Å². The van der Waals surface area contributed by atoms with Crippen LogP contribution in [0.15, 0.2) is 90.0 Å². The van der Waals surface area contributed by atoms with Crippen molar-refractivity contribution in [3.63, 3.8) is 0 Å². The number of thioether (sulfide) groups is 1. The lowest BCUT2D eigenvalue weighted by atomic mass is 10.1. The van der Waals surface area contributed by atoms with Gasteiger partial charge in [0.2, 0.25) is 0 Å². The van der Waals surface area contributed by atoms with Crippen LogP contribution in [0.25, 0.3) is 23.0 Å². The number of halogens is 1. The summed E-state index contributed by atoms with van der Waals surface area (Å²) in [5.41, 5.74) is 3.19. The molecule has 0 aliphatic carbocycles. The Labute approximate surface area is 227 Å². The number of ether oxygens (including phenoxy) is 1. The van der Waals surface area contributed by atoms with Crippen molar-refractivity contribution in [2.24, 2.45) is 0 Å². The van der Waals surface area contributed by atoms with Gasteiger partial charge in [-0.1, -0.05) is 72.5 Å². The SMILES string of the molecule is O=C(O)CN1C(=O)/C(=C/c2cn(-c3ccccc3)nc2-c2cccc(OCc3ccccc3F)c2)SC1=S. The second-order valence-corrected chi connectivity index (χ2v) is 9.96. The standard InChI is InChI=1S/C28H20FN3O4S2/c29-23-12-5-4-7-19(23)17-36-22-11-6-8-18(13-22)26-20(15-32(30-26)21-9-2-1-3-10-21)14-24-27(35)31(16-25(33)34)28(37)38-24/h1-15H,16-17H2,(H,33,34)/b24-14-. The summed E-state index contributed by atoms with van der Waals surface area (Å²) < 4.78 is 21.8. The summed E-state index contributed by atoms with van der Waals surface area (Å²) in [6, 6.07) is 23.2. The quantitative estimate of drug-likeness (QED) is 0.230. The normalized spacial score (nSPS) is 14.3. The molecule has 2 heterocycles. The van der Waals surface area contributed by atoms with E-state index in [1.807, 2.05) is 42.5 Å². The number of amides is 1. The van der Waals surface area contributed by atoms with Gasteiger partial charge >= 0.3 is 5.97 Å². The summed E-state index contributed by atoms with van der Waals surface area (Å²) >= 11 is 6.28. The number of aromatic nitrogens is 2. The summed E-state index contributed by atoms with van der Waals surface area (Å²) in [6.07, 6.45) is 3.46. The van der Waals surface area contributed by atoms with Gasteiger partial charge in [0.25, 0.3) is 5.91 Å². The zero-order valence-corrected chi connectivity index (χ0v) is 21.4. The Morgan fingerprint density at radius 1 is 1.08 bits per heavy atom. The van der Waals surface area contributed by atoms with Crippen molar-refractivity contribution >= 4 is 46.3 Å². The minimum atomic E-state index is -1.15. The van der Waals surface area contributed by atoms with Crippen LogP contribution in [0.2, 0.25) is 0 Å². The fraction of sp³-hybridized carbons (Fsp3) is 0.0714. The molecular weight excluding hydrogens is 525 g/mol. The maximum Gasteiger partial charge on any atom is 0.323 e. The van der Waals surface area contributed by atoms with E-state index in [2.05, 4.69) is 0 Å². The van der Waals surface area contributed by atoms with Crippen molar-refractivity contribution in [1.82, 2.24) is 14.7 Å². The third-order valence-electron chi connectivity index (χ3n) is 5.68. The Kier molecular flexibility index (Phi) is 7.34. The number of benzene rings is 3. The molecule has 190 valence electrons. The maximum absolute atomic E-state index is 14.0. The highest BCUT2D eigenvalue weighted by Crippen LogP contribution is 2.35. The number of hydrogen-bond acceptors (Lipinski definition) is 6. The highest BCUT2D eigenvalue weighted by molar-refractivity contribution is 8.26. The molecule has 1 aromatic heterocycles. The number of hydrogen-bond donors (Lipinski definition) is 1. The summed E-state index contributed by atoms with van der Waals surface area (Å²) in [7, 11) is 0. The van der Waals surface area contributed by atoms with Crippen molar-refractivity contribution in [1.29, 1.82) is 0 Å². The molecular formula is C28H20FN3O4S2. The van der Waals surface area contributed by atoms with Crippen LogP contribution >= 0.6 is 24.0 Å². The molecule has 38 heavy (non-hydrogen) atoms. The van der Waals surface area contributed by atoms with E-state index in [4.69, 9.17) is 27.2 Å². The largest absolute Gasteiger partial charge is 0.489 e. The Morgan fingerprint density at radius 3 is 2.61 bits per heavy atom. The molecule has 0 bridgehead atoms. The van der Waals surface area contributed by atoms with E-state index in [-0.39, 0.29) is 16.7 Å². The maximum atomic E-state index is 14.0. The second kappa shape index (κ2) is 11.0. The van der Waals surface area contributed by atoms with E-state index >= 15 is 0 Å². The Bertz CT molecular complexity index is 1570. The molecule has 0 atom stereocenters. The van der Waals surface area contributed by atoms with Crippen LogP contribution in [0.4, 0.5) is 4.39 Å². The summed E-state index contributed by atoms with van der Waals surface area (Å²) in [4.78, 5) is 25.4. The molecule has 0 radical (unpaired) electrons. The Morgan fingerprint density at radius 2 is 1.84 bits per heavy atom. The number of aliphatic carboxylic acids is 1. The van der Waals surface area contributed by atoms with Crippen LogP contribution in [0.1, 0.15) is 11.1 Å². The summed E-state index contributed by atoms with van der Waals surface area (Å²) in [6.45, 7) is -0.437. The van der Waals surface area contributed by atoms with Crippen LogP contribution in [-0.2, 0) is 16.2 Å². The molecule has 3 aromatic carbocycles. The minimum Gasteiger partial charge on any atom is -0.489 e. The van der Waals surface area contributed by atoms with Crippen molar-refractivity contribution in [2.45, 2.75) is 6.61 Å². The van der Waals surface area contributed by atoms with Gasteiger partial charge in [0.1, 0.15) is 34.7 Å². The number of thiocarbonyl (C=S) groups is 1. The van der Waals surface area contributed by atoms with Crippen molar-refractivity contribution in [3.8, 4) is 22.7 Å². The van der Waals surface area contributed by atoms with Crippen LogP contribution in [-0.4, -0.2) is 42.5 Å². The van der Waals surface area contributed by atoms with Gasteiger partial charge in [0, 0.05) is 22.9 Å². The second-order valence-electron chi connectivity index (χ2n) is 8.28. The number of carboxylic acids is 1. The number of nitrogens with zero attached hydrogens (tertiary/aromatic N) is 3. The molecule has 1 aliphatic heterocycles. The van der Waals surface area contributed by atoms with Crippen LogP contribution in [0, 0.1) is 5.82 Å². The lowest BCUT2D eigenvalue weighted by Gasteiger charge is -2.10. The van der Waals surface area contributed by atoms with Crippen LogP contribution in [0.5, 0.6) is 5.75 Å². The fourth-order valence-electron chi connectivity index (χ4n) is 3.85. The molecule has 0 unspecified atom stereocenters. The van der Waals surface area contributed by atoms with Gasteiger partial charge in [-0.25, -0.2) is 9.07 Å². The summed E-state index contributed by atoms with van der Waals surface area (Å²) in [5, 5.41) is 13.9.